The van der Waals surface area contributed by atoms with Crippen LogP contribution in [0.3, 0.4) is 0 Å². The molecule has 2 aromatic carbocycles. The molecule has 3 rings (SSSR count). The summed E-state index contributed by atoms with van der Waals surface area (Å²) in [6.45, 7) is 1.31. The van der Waals surface area contributed by atoms with Crippen molar-refractivity contribution in [2.24, 2.45) is 5.92 Å². The molecule has 4 N–H and O–H groups in total. The maximum absolute atomic E-state index is 11.3. The Bertz CT molecular complexity index is 932. The van der Waals surface area contributed by atoms with Crippen molar-refractivity contribution in [3.8, 4) is 11.5 Å². The number of hydrogen-bond acceptors (Lipinski definition) is 6. The number of nitrogens with one attached hydrogen (secondary N) is 2. The average molecular weight is 421 g/mol. The zero-order valence-electron chi connectivity index (χ0n) is 16.5. The predicted octanol–water partition coefficient (Wildman–Crippen LogP) is 1.90. The number of anilines is 1. The summed E-state index contributed by atoms with van der Waals surface area (Å²) >= 11 is 0. The van der Waals surface area contributed by atoms with Crippen LogP contribution in [0.25, 0.3) is 0 Å². The van der Waals surface area contributed by atoms with Gasteiger partial charge < -0.3 is 20.3 Å². The molecule has 29 heavy (non-hydrogen) atoms. The van der Waals surface area contributed by atoms with Crippen LogP contribution in [0.15, 0.2) is 42.5 Å². The van der Waals surface area contributed by atoms with Crippen LogP contribution >= 0.6 is 0 Å². The molecule has 2 aromatic rings. The largest absolute Gasteiger partial charge is 0.506 e. The molecule has 1 aliphatic rings. The lowest BCUT2D eigenvalue weighted by atomic mass is 9.84. The van der Waals surface area contributed by atoms with Gasteiger partial charge in [0, 0.05) is 12.6 Å². The summed E-state index contributed by atoms with van der Waals surface area (Å²) in [7, 11) is -3.51. The highest BCUT2D eigenvalue weighted by Gasteiger charge is 2.18. The minimum Gasteiger partial charge on any atom is -0.506 e. The van der Waals surface area contributed by atoms with Crippen molar-refractivity contribution in [1.82, 2.24) is 5.32 Å². The highest BCUT2D eigenvalue weighted by molar-refractivity contribution is 7.92. The van der Waals surface area contributed by atoms with E-state index in [4.69, 9.17) is 4.74 Å². The quantitative estimate of drug-likeness (QED) is 0.462. The Hall–Kier alpha value is -2.29. The van der Waals surface area contributed by atoms with E-state index in [1.807, 2.05) is 0 Å². The summed E-state index contributed by atoms with van der Waals surface area (Å²) in [4.78, 5) is 0. The van der Waals surface area contributed by atoms with E-state index in [0.717, 1.165) is 32.1 Å². The topological polar surface area (TPSA) is 108 Å². The number of aliphatic hydroxyl groups excluding tert-OH is 1. The Morgan fingerprint density at radius 2 is 1.97 bits per heavy atom. The molecule has 2 atom stereocenters. The molecule has 0 spiro atoms. The molecule has 1 unspecified atom stereocenters. The lowest BCUT2D eigenvalue weighted by Crippen LogP contribution is -2.35. The highest BCUT2D eigenvalue weighted by Crippen LogP contribution is 2.29. The van der Waals surface area contributed by atoms with Crippen LogP contribution < -0.4 is 14.8 Å². The highest BCUT2D eigenvalue weighted by atomic mass is 32.2. The number of hydrogen-bond donors (Lipinski definition) is 4. The minimum atomic E-state index is -3.51. The van der Waals surface area contributed by atoms with Crippen molar-refractivity contribution in [1.29, 1.82) is 0 Å². The first-order chi connectivity index (χ1) is 13.8. The average Bonchev–Trinajstić information content (AvgIpc) is 2.67. The summed E-state index contributed by atoms with van der Waals surface area (Å²) in [6, 6.07) is 12.8. The minimum absolute atomic E-state index is 0.0372. The molecule has 0 bridgehead atoms. The summed E-state index contributed by atoms with van der Waals surface area (Å²) in [6.07, 6.45) is 3.59. The number of aryl methyl sites for hydroxylation is 1. The molecule has 0 radical (unpaired) electrons. The van der Waals surface area contributed by atoms with Crippen molar-refractivity contribution in [3.05, 3.63) is 53.6 Å². The van der Waals surface area contributed by atoms with Gasteiger partial charge in [-0.25, -0.2) is 8.42 Å². The molecule has 0 fully saturated rings. The van der Waals surface area contributed by atoms with Gasteiger partial charge in [-0.15, -0.1) is 0 Å². The predicted molar refractivity (Wildman–Crippen MR) is 113 cm³/mol. The van der Waals surface area contributed by atoms with Crippen molar-refractivity contribution in [2.45, 2.75) is 25.4 Å². The second kappa shape index (κ2) is 9.47. The van der Waals surface area contributed by atoms with Crippen LogP contribution in [0.4, 0.5) is 5.69 Å². The second-order valence-corrected chi connectivity index (χ2v) is 9.30. The van der Waals surface area contributed by atoms with E-state index in [1.165, 1.54) is 29.3 Å². The second-order valence-electron chi connectivity index (χ2n) is 7.55. The molecule has 0 aromatic heterocycles. The molecular formula is C21H28N2O5S. The summed E-state index contributed by atoms with van der Waals surface area (Å²) in [5, 5.41) is 23.2. The van der Waals surface area contributed by atoms with E-state index in [2.05, 4.69) is 34.3 Å². The van der Waals surface area contributed by atoms with Gasteiger partial charge >= 0.3 is 0 Å². The monoisotopic (exact) mass is 420 g/mol. The Morgan fingerprint density at radius 3 is 2.72 bits per heavy atom. The molecule has 0 saturated carbocycles. The molecule has 7 nitrogen and oxygen atoms in total. The Morgan fingerprint density at radius 1 is 1.21 bits per heavy atom. The summed E-state index contributed by atoms with van der Waals surface area (Å²) in [5.41, 5.74) is 2.89. The van der Waals surface area contributed by atoms with Gasteiger partial charge in [-0.05, 0) is 55.0 Å². The van der Waals surface area contributed by atoms with E-state index in [1.54, 1.807) is 0 Å². The first-order valence-corrected chi connectivity index (χ1v) is 11.6. The van der Waals surface area contributed by atoms with E-state index in [9.17, 15) is 18.6 Å². The van der Waals surface area contributed by atoms with Gasteiger partial charge in [-0.2, -0.15) is 0 Å². The van der Waals surface area contributed by atoms with E-state index in [-0.39, 0.29) is 18.0 Å². The molecule has 0 aliphatic heterocycles. The standard InChI is InChI=1S/C21H28N2O5S/c1-29(26,27)23-20-11-19(8-9-21(20)25)28-14-18(24)13-22-12-15-6-7-16-4-2-3-5-17(16)10-15/h2-5,8-9,11,15,18,22-25H,6-7,10,12-14H2,1H3/t15?,18-/m1/s1. The molecule has 158 valence electrons. The number of rotatable bonds is 9. The molecule has 1 aliphatic carbocycles. The Labute approximate surface area is 171 Å². The molecule has 0 saturated heterocycles. The van der Waals surface area contributed by atoms with Crippen LogP contribution in [0.5, 0.6) is 11.5 Å². The third-order valence-corrected chi connectivity index (χ3v) is 5.56. The Balaban J connectivity index is 1.41. The van der Waals surface area contributed by atoms with E-state index in [0.29, 0.717) is 18.2 Å². The number of phenols is 1. The van der Waals surface area contributed by atoms with Gasteiger partial charge in [0.2, 0.25) is 10.0 Å². The van der Waals surface area contributed by atoms with Gasteiger partial charge in [-0.1, -0.05) is 24.3 Å². The SMILES string of the molecule is CS(=O)(=O)Nc1cc(OC[C@H](O)CNCC2CCc3ccccc3C2)ccc1O. The lowest BCUT2D eigenvalue weighted by Gasteiger charge is -2.25. The summed E-state index contributed by atoms with van der Waals surface area (Å²) < 4.78 is 30.4. The van der Waals surface area contributed by atoms with Gasteiger partial charge in [0.25, 0.3) is 0 Å². The number of aliphatic hydroxyl groups is 1. The molecule has 8 heteroatoms. The number of sulfonamides is 1. The zero-order valence-corrected chi connectivity index (χ0v) is 17.3. The van der Waals surface area contributed by atoms with Crippen LogP contribution in [0.2, 0.25) is 0 Å². The summed E-state index contributed by atoms with van der Waals surface area (Å²) in [5.74, 6) is 0.718. The third-order valence-electron chi connectivity index (χ3n) is 4.97. The first kappa shape index (κ1) is 21.4. The number of ether oxygens (including phenoxy) is 1. The van der Waals surface area contributed by atoms with Gasteiger partial charge in [0.15, 0.2) is 0 Å². The van der Waals surface area contributed by atoms with Crippen molar-refractivity contribution >= 4 is 15.7 Å². The lowest BCUT2D eigenvalue weighted by molar-refractivity contribution is 0.105. The molecular weight excluding hydrogens is 392 g/mol. The van der Waals surface area contributed by atoms with Crippen LogP contribution in [-0.4, -0.2) is 50.7 Å². The van der Waals surface area contributed by atoms with Crippen LogP contribution in [0.1, 0.15) is 17.5 Å². The zero-order chi connectivity index (χ0) is 20.9. The van der Waals surface area contributed by atoms with Gasteiger partial charge in [0.1, 0.15) is 24.2 Å². The number of fused-ring (bicyclic) bond motifs is 1. The fourth-order valence-electron chi connectivity index (χ4n) is 3.54. The van der Waals surface area contributed by atoms with E-state index >= 15 is 0 Å². The number of phenolic OH excluding ortho intramolecular Hbond substituents is 1. The van der Waals surface area contributed by atoms with Crippen molar-refractivity contribution < 1.29 is 23.4 Å². The maximum Gasteiger partial charge on any atom is 0.229 e. The number of aromatic hydroxyl groups is 1. The van der Waals surface area contributed by atoms with E-state index < -0.39 is 16.1 Å². The molecule has 0 amide bonds. The first-order valence-electron chi connectivity index (χ1n) is 9.69. The van der Waals surface area contributed by atoms with Crippen molar-refractivity contribution in [3.63, 3.8) is 0 Å². The van der Waals surface area contributed by atoms with Crippen molar-refractivity contribution in [2.75, 3.05) is 30.7 Å². The fraction of sp³-hybridized carbons (Fsp3) is 0.429. The maximum atomic E-state index is 11.3. The normalized spacial score (nSPS) is 17.4. The Kier molecular flexibility index (Phi) is 7.00. The smallest absolute Gasteiger partial charge is 0.229 e. The van der Waals surface area contributed by atoms with Gasteiger partial charge in [-0.3, -0.25) is 4.72 Å². The fourth-order valence-corrected chi connectivity index (χ4v) is 4.10. The van der Waals surface area contributed by atoms with Crippen LogP contribution in [0, 0.1) is 5.92 Å². The number of benzene rings is 2. The third kappa shape index (κ3) is 6.62. The van der Waals surface area contributed by atoms with Crippen LogP contribution in [-0.2, 0) is 22.9 Å². The van der Waals surface area contributed by atoms with Gasteiger partial charge in [0.05, 0.1) is 11.9 Å². The molecule has 0 heterocycles.